The average Bonchev–Trinajstić information content (AvgIpc) is 2.60. The highest BCUT2D eigenvalue weighted by atomic mass is 32.2. The molecule has 0 bridgehead atoms. The van der Waals surface area contributed by atoms with Crippen LogP contribution < -0.4 is 14.2 Å². The molecule has 0 unspecified atom stereocenters. The Balaban J connectivity index is 2.07. The Morgan fingerprint density at radius 2 is 1.69 bits per heavy atom. The minimum absolute atomic E-state index is 0.0285. The lowest BCUT2D eigenvalue weighted by Crippen LogP contribution is -2.26. The molecule has 0 fully saturated rings. The van der Waals surface area contributed by atoms with Crippen LogP contribution in [0.4, 0.5) is 13.2 Å². The zero-order chi connectivity index (χ0) is 19.4. The molecule has 0 saturated heterocycles. The summed E-state index contributed by atoms with van der Waals surface area (Å²) in [6.45, 7) is -0.0437. The number of hydrogen-bond donors (Lipinski definition) is 1. The van der Waals surface area contributed by atoms with Gasteiger partial charge in [-0.15, -0.1) is 0 Å². The van der Waals surface area contributed by atoms with Crippen molar-refractivity contribution in [2.75, 3.05) is 20.8 Å². The number of sulfonamides is 1. The third kappa shape index (κ3) is 4.89. The molecule has 26 heavy (non-hydrogen) atoms. The Morgan fingerprint density at radius 1 is 1.00 bits per heavy atom. The lowest BCUT2D eigenvalue weighted by molar-refractivity contribution is -0.137. The zero-order valence-electron chi connectivity index (χ0n) is 14.1. The van der Waals surface area contributed by atoms with E-state index >= 15 is 0 Å². The molecule has 0 radical (unpaired) electrons. The maximum Gasteiger partial charge on any atom is 0.416 e. The molecule has 0 aliphatic carbocycles. The number of alkyl halides is 3. The highest BCUT2D eigenvalue weighted by Crippen LogP contribution is 2.30. The molecular weight excluding hydrogens is 371 g/mol. The van der Waals surface area contributed by atoms with Crippen LogP contribution in [0.1, 0.15) is 11.1 Å². The Morgan fingerprint density at radius 3 is 2.31 bits per heavy atom. The van der Waals surface area contributed by atoms with Gasteiger partial charge in [-0.3, -0.25) is 0 Å². The molecule has 0 spiro atoms. The second-order valence-electron chi connectivity index (χ2n) is 5.36. The van der Waals surface area contributed by atoms with E-state index in [9.17, 15) is 21.6 Å². The maximum absolute atomic E-state index is 12.7. The topological polar surface area (TPSA) is 64.6 Å². The average molecular weight is 389 g/mol. The first-order chi connectivity index (χ1) is 12.2. The van der Waals surface area contributed by atoms with Gasteiger partial charge in [-0.25, -0.2) is 13.1 Å². The third-order valence-electron chi connectivity index (χ3n) is 3.63. The van der Waals surface area contributed by atoms with Crippen molar-refractivity contribution in [2.24, 2.45) is 0 Å². The van der Waals surface area contributed by atoms with E-state index in [1.807, 2.05) is 0 Å². The fourth-order valence-electron chi connectivity index (χ4n) is 2.30. The van der Waals surface area contributed by atoms with Crippen LogP contribution in [0.2, 0.25) is 0 Å². The lowest BCUT2D eigenvalue weighted by Gasteiger charge is -2.11. The molecule has 142 valence electrons. The minimum Gasteiger partial charge on any atom is -0.493 e. The first-order valence-electron chi connectivity index (χ1n) is 7.55. The summed E-state index contributed by atoms with van der Waals surface area (Å²) in [7, 11) is -1.02. The van der Waals surface area contributed by atoms with Gasteiger partial charge in [0.2, 0.25) is 10.0 Å². The summed E-state index contributed by atoms with van der Waals surface area (Å²) in [5.41, 5.74) is -0.382. The highest BCUT2D eigenvalue weighted by Gasteiger charge is 2.30. The van der Waals surface area contributed by atoms with E-state index in [0.29, 0.717) is 11.3 Å². The van der Waals surface area contributed by atoms with Crippen molar-refractivity contribution in [3.63, 3.8) is 0 Å². The molecule has 0 aromatic heterocycles. The number of nitrogens with one attached hydrogen (secondary N) is 1. The molecule has 9 heteroatoms. The minimum atomic E-state index is -4.44. The van der Waals surface area contributed by atoms with E-state index in [4.69, 9.17) is 9.47 Å². The van der Waals surface area contributed by atoms with Crippen LogP contribution in [-0.2, 0) is 22.6 Å². The summed E-state index contributed by atoms with van der Waals surface area (Å²) >= 11 is 0. The second-order valence-corrected chi connectivity index (χ2v) is 7.13. The number of ether oxygens (including phenoxy) is 2. The first-order valence-corrected chi connectivity index (χ1v) is 9.03. The van der Waals surface area contributed by atoms with Crippen molar-refractivity contribution >= 4 is 10.0 Å². The van der Waals surface area contributed by atoms with Gasteiger partial charge in [0, 0.05) is 12.6 Å². The fraction of sp³-hybridized carbons (Fsp3) is 0.294. The molecular formula is C17H18F3NO4S. The molecule has 0 heterocycles. The standard InChI is InChI=1S/C17H18F3NO4S/c1-24-15-7-6-14(11-16(15)25-2)26(22,23)21-9-8-12-4-3-5-13(10-12)17(18,19)20/h3-7,10-11,21H,8-9H2,1-2H3. The van der Waals surface area contributed by atoms with Crippen LogP contribution in [0.3, 0.4) is 0 Å². The van der Waals surface area contributed by atoms with Crippen molar-refractivity contribution in [2.45, 2.75) is 17.5 Å². The molecule has 0 amide bonds. The molecule has 0 aliphatic heterocycles. The van der Waals surface area contributed by atoms with Crippen LogP contribution in [-0.4, -0.2) is 29.2 Å². The van der Waals surface area contributed by atoms with Gasteiger partial charge >= 0.3 is 6.18 Å². The van der Waals surface area contributed by atoms with Gasteiger partial charge in [0.1, 0.15) is 0 Å². The maximum atomic E-state index is 12.7. The Bertz CT molecular complexity index is 867. The van der Waals surface area contributed by atoms with Gasteiger partial charge in [-0.2, -0.15) is 13.2 Å². The molecule has 0 aliphatic rings. The molecule has 2 aromatic rings. The molecule has 2 rings (SSSR count). The van der Waals surface area contributed by atoms with Gasteiger partial charge in [0.05, 0.1) is 24.7 Å². The Kier molecular flexibility index (Phi) is 6.14. The van der Waals surface area contributed by atoms with Crippen LogP contribution in [0.25, 0.3) is 0 Å². The number of methoxy groups -OCH3 is 2. The van der Waals surface area contributed by atoms with Crippen molar-refractivity contribution in [1.82, 2.24) is 4.72 Å². The third-order valence-corrected chi connectivity index (χ3v) is 5.08. The molecule has 5 nitrogen and oxygen atoms in total. The van der Waals surface area contributed by atoms with Crippen LogP contribution in [0.5, 0.6) is 11.5 Å². The van der Waals surface area contributed by atoms with Crippen LogP contribution in [0.15, 0.2) is 47.4 Å². The van der Waals surface area contributed by atoms with E-state index < -0.39 is 21.8 Å². The largest absolute Gasteiger partial charge is 0.493 e. The van der Waals surface area contributed by atoms with Crippen molar-refractivity contribution < 1.29 is 31.1 Å². The smallest absolute Gasteiger partial charge is 0.416 e. The number of benzene rings is 2. The molecule has 0 saturated carbocycles. The van der Waals surface area contributed by atoms with Crippen LogP contribution in [0, 0.1) is 0 Å². The summed E-state index contributed by atoms with van der Waals surface area (Å²) in [5.74, 6) is 0.642. The zero-order valence-corrected chi connectivity index (χ0v) is 14.9. The molecule has 1 N–H and O–H groups in total. The summed E-state index contributed by atoms with van der Waals surface area (Å²) in [5, 5.41) is 0. The first kappa shape index (κ1) is 20.1. The fourth-order valence-corrected chi connectivity index (χ4v) is 3.35. The number of rotatable bonds is 7. The summed E-state index contributed by atoms with van der Waals surface area (Å²) in [4.78, 5) is -0.0285. The lowest BCUT2D eigenvalue weighted by atomic mass is 10.1. The summed E-state index contributed by atoms with van der Waals surface area (Å²) in [6.07, 6.45) is -4.31. The highest BCUT2D eigenvalue weighted by molar-refractivity contribution is 7.89. The normalized spacial score (nSPS) is 12.0. The quantitative estimate of drug-likeness (QED) is 0.790. The van der Waals surface area contributed by atoms with Gasteiger partial charge in [0.15, 0.2) is 11.5 Å². The Labute approximate surface area is 149 Å². The van der Waals surface area contributed by atoms with Crippen molar-refractivity contribution in [3.05, 3.63) is 53.6 Å². The van der Waals surface area contributed by atoms with E-state index in [0.717, 1.165) is 12.1 Å². The predicted molar refractivity (Wildman–Crippen MR) is 89.9 cm³/mol. The summed E-state index contributed by atoms with van der Waals surface area (Å²) < 4.78 is 75.2. The van der Waals surface area contributed by atoms with E-state index in [2.05, 4.69) is 4.72 Å². The second kappa shape index (κ2) is 7.96. The van der Waals surface area contributed by atoms with Crippen LogP contribution >= 0.6 is 0 Å². The monoisotopic (exact) mass is 389 g/mol. The van der Waals surface area contributed by atoms with Gasteiger partial charge < -0.3 is 9.47 Å². The van der Waals surface area contributed by atoms with E-state index in [1.165, 1.54) is 44.6 Å². The van der Waals surface area contributed by atoms with Gasteiger partial charge in [0.25, 0.3) is 0 Å². The van der Waals surface area contributed by atoms with E-state index in [-0.39, 0.29) is 23.6 Å². The van der Waals surface area contributed by atoms with Gasteiger partial charge in [-0.05, 0) is 30.2 Å². The SMILES string of the molecule is COc1ccc(S(=O)(=O)NCCc2cccc(C(F)(F)F)c2)cc1OC. The number of hydrogen-bond acceptors (Lipinski definition) is 4. The molecule has 0 atom stereocenters. The van der Waals surface area contributed by atoms with Crippen molar-refractivity contribution in [3.8, 4) is 11.5 Å². The number of halogens is 3. The predicted octanol–water partition coefficient (Wildman–Crippen LogP) is 3.24. The van der Waals surface area contributed by atoms with E-state index in [1.54, 1.807) is 0 Å². The molecule has 2 aromatic carbocycles. The van der Waals surface area contributed by atoms with Crippen molar-refractivity contribution in [1.29, 1.82) is 0 Å². The Hall–Kier alpha value is -2.26. The summed E-state index contributed by atoms with van der Waals surface area (Å²) in [6, 6.07) is 8.91. The van der Waals surface area contributed by atoms with Gasteiger partial charge in [-0.1, -0.05) is 18.2 Å².